The maximum Gasteiger partial charge on any atom is 0.241 e. The zero-order chi connectivity index (χ0) is 14.7. The lowest BCUT2D eigenvalue weighted by molar-refractivity contribution is -0.723. The van der Waals surface area contributed by atoms with Crippen LogP contribution in [0.25, 0.3) is 0 Å². The van der Waals surface area contributed by atoms with Crippen LogP contribution in [0.2, 0.25) is 0 Å². The van der Waals surface area contributed by atoms with Crippen LogP contribution in [0.1, 0.15) is 65.8 Å². The molecule has 1 N–H and O–H groups in total. The minimum atomic E-state index is -1.08. The molecule has 4 heteroatoms. The van der Waals surface area contributed by atoms with Gasteiger partial charge in [-0.2, -0.15) is 0 Å². The minimum absolute atomic E-state index is 0.674. The lowest BCUT2D eigenvalue weighted by Crippen LogP contribution is -2.37. The number of nitrogens with one attached hydrogen (secondary N) is 1. The molecule has 0 radical (unpaired) electrons. The molecule has 2 atom stereocenters. The van der Waals surface area contributed by atoms with Gasteiger partial charge in [0.15, 0.2) is 0 Å². The van der Waals surface area contributed by atoms with Crippen LogP contribution in [0, 0.1) is 5.92 Å². The Morgan fingerprint density at radius 2 is 1.95 bits per heavy atom. The second-order valence-corrected chi connectivity index (χ2v) is 4.91. The maximum atomic E-state index is 8.89. The normalized spacial score (nSPS) is 13.3. The van der Waals surface area contributed by atoms with Gasteiger partial charge in [-0.25, -0.2) is 4.57 Å². The van der Waals surface area contributed by atoms with Crippen LogP contribution in [-0.4, -0.2) is 11.0 Å². The minimum Gasteiger partial charge on any atom is -0.550 e. The number of hydrogen-bond acceptors (Lipinski definition) is 2. The van der Waals surface area contributed by atoms with Crippen molar-refractivity contribution in [1.82, 2.24) is 4.98 Å². The molecule has 0 spiro atoms. The number of hydrogen-bond donors (Lipinski definition) is 1. The summed E-state index contributed by atoms with van der Waals surface area (Å²) >= 11 is 0. The van der Waals surface area contributed by atoms with Crippen molar-refractivity contribution in [3.63, 3.8) is 0 Å². The summed E-state index contributed by atoms with van der Waals surface area (Å²) in [5, 5.41) is 8.89. The summed E-state index contributed by atoms with van der Waals surface area (Å²) in [5.74, 6) is -0.192. The van der Waals surface area contributed by atoms with Crippen molar-refractivity contribution in [3.8, 4) is 0 Å². The smallest absolute Gasteiger partial charge is 0.241 e. The summed E-state index contributed by atoms with van der Waals surface area (Å²) in [6.07, 6.45) is 12.8. The number of carbonyl (C=O) groups is 1. The number of carbonyl (C=O) groups excluding carboxylic acids is 1. The average molecular weight is 268 g/mol. The lowest BCUT2D eigenvalue weighted by atomic mass is 9.92. The van der Waals surface area contributed by atoms with Crippen LogP contribution < -0.4 is 9.67 Å². The summed E-state index contributed by atoms with van der Waals surface area (Å²) in [6, 6.07) is 0.674. The van der Waals surface area contributed by atoms with E-state index in [1.807, 2.05) is 6.20 Å². The molecule has 19 heavy (non-hydrogen) atoms. The third kappa shape index (κ3) is 8.41. The van der Waals surface area contributed by atoms with E-state index in [0.29, 0.717) is 6.04 Å². The van der Waals surface area contributed by atoms with Crippen molar-refractivity contribution >= 4 is 5.97 Å². The maximum absolute atomic E-state index is 8.89. The Balaban J connectivity index is 0.000000711. The van der Waals surface area contributed by atoms with Crippen molar-refractivity contribution < 1.29 is 14.5 Å². The molecule has 0 bridgehead atoms. The van der Waals surface area contributed by atoms with E-state index in [9.17, 15) is 0 Å². The number of rotatable bonds is 7. The van der Waals surface area contributed by atoms with Gasteiger partial charge in [0.05, 0.1) is 0 Å². The van der Waals surface area contributed by atoms with E-state index in [4.69, 9.17) is 9.90 Å². The fourth-order valence-corrected chi connectivity index (χ4v) is 2.31. The first-order valence-corrected chi connectivity index (χ1v) is 7.26. The van der Waals surface area contributed by atoms with Crippen molar-refractivity contribution in [2.24, 2.45) is 5.92 Å². The van der Waals surface area contributed by atoms with Crippen LogP contribution >= 0.6 is 0 Å². The molecule has 1 aromatic rings. The van der Waals surface area contributed by atoms with E-state index in [2.05, 4.69) is 42.8 Å². The highest BCUT2D eigenvalue weighted by atomic mass is 16.4. The molecular weight excluding hydrogens is 240 g/mol. The average Bonchev–Trinajstić information content (AvgIpc) is 2.87. The molecule has 0 saturated carbocycles. The molecule has 2 unspecified atom stereocenters. The molecule has 110 valence electrons. The van der Waals surface area contributed by atoms with Crippen LogP contribution in [0.3, 0.4) is 0 Å². The fraction of sp³-hybridized carbons (Fsp3) is 0.733. The predicted molar refractivity (Wildman–Crippen MR) is 74.3 cm³/mol. The number of carboxylic acid groups (broad SMARTS) is 1. The number of aliphatic carboxylic acids is 1. The third-order valence-electron chi connectivity index (χ3n) is 3.34. The number of imidazole rings is 1. The molecule has 1 aromatic heterocycles. The molecule has 4 nitrogen and oxygen atoms in total. The second kappa shape index (κ2) is 10.6. The predicted octanol–water partition coefficient (Wildman–Crippen LogP) is 2.23. The zero-order valence-electron chi connectivity index (χ0n) is 12.7. The van der Waals surface area contributed by atoms with Gasteiger partial charge in [-0.3, -0.25) is 4.98 Å². The summed E-state index contributed by atoms with van der Waals surface area (Å²) in [6.45, 7) is 7.85. The molecule has 0 aliphatic rings. The Bertz CT molecular complexity index is 319. The van der Waals surface area contributed by atoms with Crippen LogP contribution in [0.15, 0.2) is 18.7 Å². The summed E-state index contributed by atoms with van der Waals surface area (Å²) in [7, 11) is 0. The van der Waals surface area contributed by atoms with Crippen molar-refractivity contribution in [2.75, 3.05) is 0 Å². The van der Waals surface area contributed by atoms with Gasteiger partial charge in [0.1, 0.15) is 18.4 Å². The van der Waals surface area contributed by atoms with Crippen molar-refractivity contribution in [1.29, 1.82) is 0 Å². The Hall–Kier alpha value is -1.32. The standard InChI is InChI=1S/C13H24N2.C2H4O2/c1-4-7-12(5-2)10-13(6-3)15-9-8-14-11-15;1-2(3)4/h8-9,11-13H,4-7,10H2,1-3H3;1H3,(H,3,4). The Morgan fingerprint density at radius 1 is 1.32 bits per heavy atom. The second-order valence-electron chi connectivity index (χ2n) is 4.91. The summed E-state index contributed by atoms with van der Waals surface area (Å²) in [5.41, 5.74) is 0. The largest absolute Gasteiger partial charge is 0.550 e. The molecule has 0 saturated heterocycles. The molecule has 0 aliphatic carbocycles. The highest BCUT2D eigenvalue weighted by Crippen LogP contribution is 2.22. The molecule has 0 amide bonds. The van der Waals surface area contributed by atoms with Crippen LogP contribution in [0.5, 0.6) is 0 Å². The van der Waals surface area contributed by atoms with Gasteiger partial charge >= 0.3 is 0 Å². The van der Waals surface area contributed by atoms with Crippen molar-refractivity contribution in [3.05, 3.63) is 18.7 Å². The number of aromatic amines is 1. The van der Waals surface area contributed by atoms with Crippen molar-refractivity contribution in [2.45, 2.75) is 65.8 Å². The first-order chi connectivity index (χ1) is 9.04. The molecule has 1 heterocycles. The fourth-order valence-electron chi connectivity index (χ4n) is 2.31. The van der Waals surface area contributed by atoms with Gasteiger partial charge in [0, 0.05) is 5.97 Å². The monoisotopic (exact) mass is 268 g/mol. The van der Waals surface area contributed by atoms with Gasteiger partial charge < -0.3 is 9.90 Å². The Labute approximate surface area is 116 Å². The van der Waals surface area contributed by atoms with Gasteiger partial charge in [-0.15, -0.1) is 0 Å². The van der Waals surface area contributed by atoms with Gasteiger partial charge in [0.2, 0.25) is 6.33 Å². The zero-order valence-corrected chi connectivity index (χ0v) is 12.7. The molecular formula is C15H28N2O2. The van der Waals surface area contributed by atoms with E-state index in [-0.39, 0.29) is 0 Å². The van der Waals surface area contributed by atoms with E-state index in [1.54, 1.807) is 0 Å². The SMILES string of the molecule is CC(=O)[O-].CCCC(CC)CC(CC)[n+]1cc[nH]c1. The number of nitrogens with zero attached hydrogens (tertiary/aromatic N) is 1. The quantitative estimate of drug-likeness (QED) is 0.771. The summed E-state index contributed by atoms with van der Waals surface area (Å²) in [4.78, 5) is 12.0. The highest BCUT2D eigenvalue weighted by Gasteiger charge is 2.17. The van der Waals surface area contributed by atoms with Gasteiger partial charge in [-0.1, -0.05) is 40.0 Å². The highest BCUT2D eigenvalue weighted by molar-refractivity contribution is 5.60. The number of H-pyrrole nitrogens is 1. The number of carboxylic acids is 1. The first kappa shape index (κ1) is 17.7. The molecule has 0 aliphatic heterocycles. The van der Waals surface area contributed by atoms with E-state index >= 15 is 0 Å². The summed E-state index contributed by atoms with van der Waals surface area (Å²) < 4.78 is 2.32. The molecule has 1 rings (SSSR count). The third-order valence-corrected chi connectivity index (χ3v) is 3.34. The Kier molecular flexibility index (Phi) is 9.85. The van der Waals surface area contributed by atoms with E-state index < -0.39 is 5.97 Å². The van der Waals surface area contributed by atoms with E-state index in [1.165, 1.54) is 32.1 Å². The first-order valence-electron chi connectivity index (χ1n) is 7.26. The van der Waals surface area contributed by atoms with Gasteiger partial charge in [0.25, 0.3) is 0 Å². The Morgan fingerprint density at radius 3 is 2.32 bits per heavy atom. The van der Waals surface area contributed by atoms with Crippen LogP contribution in [-0.2, 0) is 4.79 Å². The molecule has 0 fully saturated rings. The lowest BCUT2D eigenvalue weighted by Gasteiger charge is -2.18. The van der Waals surface area contributed by atoms with E-state index in [0.717, 1.165) is 12.8 Å². The molecule has 0 aromatic carbocycles. The van der Waals surface area contributed by atoms with Crippen LogP contribution in [0.4, 0.5) is 0 Å². The number of aromatic nitrogens is 2. The topological polar surface area (TPSA) is 59.8 Å². The van der Waals surface area contributed by atoms with Gasteiger partial charge in [-0.05, 0) is 25.7 Å².